The Morgan fingerprint density at radius 3 is 2.85 bits per heavy atom. The van der Waals surface area contributed by atoms with Crippen molar-refractivity contribution in [2.45, 2.75) is 12.8 Å². The zero-order valence-electron chi connectivity index (χ0n) is 11.6. The van der Waals surface area contributed by atoms with Crippen LogP contribution in [0, 0.1) is 0 Å². The van der Waals surface area contributed by atoms with Gasteiger partial charge in [0.1, 0.15) is 10.7 Å². The average Bonchev–Trinajstić information content (AvgIpc) is 3.04. The van der Waals surface area contributed by atoms with Crippen LogP contribution < -0.4 is 16.0 Å². The molecule has 0 spiro atoms. The normalized spacial score (nSPS) is 12.2. The molecule has 0 fully saturated rings. The first-order valence-electron chi connectivity index (χ1n) is 6.10. The number of thiazole rings is 2. The lowest BCUT2D eigenvalue weighted by atomic mass is 10.2. The second kappa shape index (κ2) is 6.19. The topological polar surface area (TPSA) is 84.1 Å². The van der Waals surface area contributed by atoms with Crippen molar-refractivity contribution < 1.29 is 4.79 Å². The largest absolute Gasteiger partial charge is 0.382 e. The van der Waals surface area contributed by atoms with E-state index in [0.29, 0.717) is 11.4 Å². The molecule has 2 aromatic rings. The van der Waals surface area contributed by atoms with Crippen LogP contribution in [0.1, 0.15) is 27.5 Å². The molecule has 2 aromatic heterocycles. The SMILES string of the molecule is CC(CNC(=O)c1sc(N(C)C)nc1N)c1nccs1. The highest BCUT2D eigenvalue weighted by atomic mass is 32.1. The molecule has 1 unspecified atom stereocenters. The maximum atomic E-state index is 12.1. The number of hydrogen-bond donors (Lipinski definition) is 2. The third kappa shape index (κ3) is 3.26. The summed E-state index contributed by atoms with van der Waals surface area (Å²) < 4.78 is 0. The molecule has 0 aliphatic rings. The first kappa shape index (κ1) is 14.7. The van der Waals surface area contributed by atoms with Gasteiger partial charge in [-0.25, -0.2) is 9.97 Å². The van der Waals surface area contributed by atoms with Crippen LogP contribution in [0.4, 0.5) is 10.9 Å². The summed E-state index contributed by atoms with van der Waals surface area (Å²) in [6, 6.07) is 0. The summed E-state index contributed by atoms with van der Waals surface area (Å²) in [5.74, 6) is 0.274. The van der Waals surface area contributed by atoms with E-state index in [1.807, 2.05) is 31.3 Å². The number of nitrogen functional groups attached to an aromatic ring is 1. The molecule has 0 saturated heterocycles. The third-order valence-corrected chi connectivity index (χ3v) is 4.92. The Morgan fingerprint density at radius 1 is 1.55 bits per heavy atom. The number of carbonyl (C=O) groups is 1. The Bertz CT molecular complexity index is 579. The van der Waals surface area contributed by atoms with Crippen LogP contribution in [0.25, 0.3) is 0 Å². The van der Waals surface area contributed by atoms with Crippen molar-refractivity contribution in [1.29, 1.82) is 0 Å². The Hall–Kier alpha value is -1.67. The first-order valence-corrected chi connectivity index (χ1v) is 7.80. The van der Waals surface area contributed by atoms with Crippen LogP contribution in [-0.2, 0) is 0 Å². The van der Waals surface area contributed by atoms with Crippen molar-refractivity contribution >= 4 is 39.5 Å². The Balaban J connectivity index is 1.98. The van der Waals surface area contributed by atoms with Gasteiger partial charge in [0.2, 0.25) is 0 Å². The van der Waals surface area contributed by atoms with Gasteiger partial charge in [0.25, 0.3) is 5.91 Å². The van der Waals surface area contributed by atoms with Gasteiger partial charge >= 0.3 is 0 Å². The van der Waals surface area contributed by atoms with Crippen molar-refractivity contribution in [2.24, 2.45) is 0 Å². The molecular formula is C12H17N5OS2. The molecule has 3 N–H and O–H groups in total. The summed E-state index contributed by atoms with van der Waals surface area (Å²) in [6.45, 7) is 2.56. The number of aromatic nitrogens is 2. The van der Waals surface area contributed by atoms with Crippen LogP contribution in [0.15, 0.2) is 11.6 Å². The van der Waals surface area contributed by atoms with Gasteiger partial charge < -0.3 is 16.0 Å². The van der Waals surface area contributed by atoms with E-state index in [1.54, 1.807) is 17.5 Å². The summed E-state index contributed by atoms with van der Waals surface area (Å²) in [5.41, 5.74) is 5.78. The zero-order valence-corrected chi connectivity index (χ0v) is 13.2. The van der Waals surface area contributed by atoms with E-state index in [4.69, 9.17) is 5.73 Å². The highest BCUT2D eigenvalue weighted by Crippen LogP contribution is 2.26. The molecule has 1 atom stereocenters. The number of nitrogens with zero attached hydrogens (tertiary/aromatic N) is 3. The fraction of sp³-hybridized carbons (Fsp3) is 0.417. The fourth-order valence-electron chi connectivity index (χ4n) is 1.57. The molecule has 108 valence electrons. The number of rotatable bonds is 5. The standard InChI is InChI=1S/C12H17N5OS2/c1-7(11-14-4-5-19-11)6-15-10(18)8-9(13)16-12(20-8)17(2)3/h4-5,7H,6,13H2,1-3H3,(H,15,18). The van der Waals surface area contributed by atoms with E-state index < -0.39 is 0 Å². The van der Waals surface area contributed by atoms with Crippen LogP contribution in [0.2, 0.25) is 0 Å². The lowest BCUT2D eigenvalue weighted by Gasteiger charge is -2.09. The molecule has 2 heterocycles. The molecule has 8 heteroatoms. The molecule has 6 nitrogen and oxygen atoms in total. The minimum absolute atomic E-state index is 0.182. The summed E-state index contributed by atoms with van der Waals surface area (Å²) in [4.78, 5) is 22.8. The number of amides is 1. The molecule has 0 aliphatic heterocycles. The molecule has 0 bridgehead atoms. The van der Waals surface area contributed by atoms with E-state index in [2.05, 4.69) is 15.3 Å². The van der Waals surface area contributed by atoms with Crippen molar-refractivity contribution in [3.8, 4) is 0 Å². The van der Waals surface area contributed by atoms with Gasteiger partial charge in [-0.2, -0.15) is 0 Å². The van der Waals surface area contributed by atoms with Gasteiger partial charge in [-0.05, 0) is 0 Å². The molecule has 2 rings (SSSR count). The van der Waals surface area contributed by atoms with E-state index in [1.165, 1.54) is 11.3 Å². The maximum Gasteiger partial charge on any atom is 0.265 e. The molecule has 20 heavy (non-hydrogen) atoms. The van der Waals surface area contributed by atoms with Crippen molar-refractivity contribution in [2.75, 3.05) is 31.3 Å². The second-order valence-electron chi connectivity index (χ2n) is 4.59. The van der Waals surface area contributed by atoms with Crippen molar-refractivity contribution in [3.63, 3.8) is 0 Å². The predicted molar refractivity (Wildman–Crippen MR) is 83.7 cm³/mol. The van der Waals surface area contributed by atoms with Crippen LogP contribution in [-0.4, -0.2) is 36.5 Å². The summed E-state index contributed by atoms with van der Waals surface area (Å²) >= 11 is 2.88. The van der Waals surface area contributed by atoms with Crippen LogP contribution in [0.3, 0.4) is 0 Å². The number of nitrogens with one attached hydrogen (secondary N) is 1. The number of hydrogen-bond acceptors (Lipinski definition) is 7. The lowest BCUT2D eigenvalue weighted by molar-refractivity contribution is 0.0956. The molecule has 0 aliphatic carbocycles. The van der Waals surface area contributed by atoms with Gasteiger partial charge in [-0.1, -0.05) is 18.3 Å². The zero-order chi connectivity index (χ0) is 14.7. The number of nitrogens with two attached hydrogens (primary N) is 1. The monoisotopic (exact) mass is 311 g/mol. The molecule has 1 amide bonds. The van der Waals surface area contributed by atoms with Crippen molar-refractivity contribution in [1.82, 2.24) is 15.3 Å². The Labute approximate surface area is 125 Å². The highest BCUT2D eigenvalue weighted by Gasteiger charge is 2.18. The molecule has 0 saturated carbocycles. The molecule has 0 radical (unpaired) electrons. The highest BCUT2D eigenvalue weighted by molar-refractivity contribution is 7.18. The fourth-order valence-corrected chi connectivity index (χ4v) is 3.09. The van der Waals surface area contributed by atoms with Gasteiger partial charge in [-0.3, -0.25) is 4.79 Å². The van der Waals surface area contributed by atoms with Gasteiger partial charge in [0.15, 0.2) is 5.13 Å². The smallest absolute Gasteiger partial charge is 0.265 e. The summed E-state index contributed by atoms with van der Waals surface area (Å²) in [6.07, 6.45) is 1.77. The van der Waals surface area contributed by atoms with E-state index in [0.717, 1.165) is 10.1 Å². The van der Waals surface area contributed by atoms with Gasteiger partial charge in [0.05, 0.1) is 5.01 Å². The third-order valence-electron chi connectivity index (χ3n) is 2.67. The van der Waals surface area contributed by atoms with Crippen molar-refractivity contribution in [3.05, 3.63) is 21.5 Å². The molecule has 0 aromatic carbocycles. The molecular weight excluding hydrogens is 294 g/mol. The summed E-state index contributed by atoms with van der Waals surface area (Å²) in [5, 5.41) is 6.54. The number of carbonyl (C=O) groups excluding carboxylic acids is 1. The first-order chi connectivity index (χ1) is 9.49. The average molecular weight is 311 g/mol. The predicted octanol–water partition coefficient (Wildman–Crippen LogP) is 1.78. The second-order valence-corrected chi connectivity index (χ2v) is 6.49. The van der Waals surface area contributed by atoms with Gasteiger partial charge in [0, 0.05) is 38.1 Å². The maximum absolute atomic E-state index is 12.1. The van der Waals surface area contributed by atoms with Crippen LogP contribution in [0.5, 0.6) is 0 Å². The van der Waals surface area contributed by atoms with E-state index >= 15 is 0 Å². The van der Waals surface area contributed by atoms with E-state index in [-0.39, 0.29) is 17.6 Å². The minimum atomic E-state index is -0.184. The minimum Gasteiger partial charge on any atom is -0.382 e. The number of anilines is 2. The summed E-state index contributed by atoms with van der Waals surface area (Å²) in [7, 11) is 3.73. The Morgan fingerprint density at radius 2 is 2.30 bits per heavy atom. The quantitative estimate of drug-likeness (QED) is 0.879. The van der Waals surface area contributed by atoms with Gasteiger partial charge in [-0.15, -0.1) is 11.3 Å². The Kier molecular flexibility index (Phi) is 4.56. The van der Waals surface area contributed by atoms with Crippen LogP contribution >= 0.6 is 22.7 Å². The van der Waals surface area contributed by atoms with E-state index in [9.17, 15) is 4.79 Å². The lowest BCUT2D eigenvalue weighted by Crippen LogP contribution is -2.27.